The Morgan fingerprint density at radius 1 is 1.35 bits per heavy atom. The van der Waals surface area contributed by atoms with Crippen LogP contribution < -0.4 is 16.8 Å². The summed E-state index contributed by atoms with van der Waals surface area (Å²) < 4.78 is 0. The Balaban J connectivity index is 2.70. The molecule has 6 N–H and O–H groups in total. The number of rotatable bonds is 4. The highest BCUT2D eigenvalue weighted by molar-refractivity contribution is 5.96. The molecule has 5 nitrogen and oxygen atoms in total. The minimum absolute atomic E-state index is 0.192. The van der Waals surface area contributed by atoms with Crippen molar-refractivity contribution >= 4 is 17.3 Å². The van der Waals surface area contributed by atoms with Gasteiger partial charge < -0.3 is 21.9 Å². The lowest BCUT2D eigenvalue weighted by atomic mass is 10.0. The molecule has 0 aromatic heterocycles. The Bertz CT molecular complexity index is 396. The predicted octanol–water partition coefficient (Wildman–Crippen LogP) is 0.742. The summed E-state index contributed by atoms with van der Waals surface area (Å²) in [5, 5.41) is 12.4. The molecule has 0 fully saturated rings. The fourth-order valence-corrected chi connectivity index (χ4v) is 1.31. The SMILES string of the molecule is CCC(C)(O)CNC(=O)c1cc(N)cc(N)c1. The predicted molar refractivity (Wildman–Crippen MR) is 68.5 cm³/mol. The molecule has 0 aliphatic carbocycles. The van der Waals surface area contributed by atoms with Crippen LogP contribution in [0.2, 0.25) is 0 Å². The van der Waals surface area contributed by atoms with E-state index in [1.54, 1.807) is 25.1 Å². The van der Waals surface area contributed by atoms with Crippen LogP contribution in [0.4, 0.5) is 11.4 Å². The first-order chi connectivity index (χ1) is 7.84. The van der Waals surface area contributed by atoms with Crippen molar-refractivity contribution in [1.82, 2.24) is 5.32 Å². The Morgan fingerprint density at radius 3 is 2.35 bits per heavy atom. The molecule has 0 bridgehead atoms. The summed E-state index contributed by atoms with van der Waals surface area (Å²) in [6, 6.07) is 4.68. The van der Waals surface area contributed by atoms with Crippen LogP contribution in [0.15, 0.2) is 18.2 Å². The first-order valence-electron chi connectivity index (χ1n) is 5.50. The van der Waals surface area contributed by atoms with Crippen LogP contribution in [0.1, 0.15) is 30.6 Å². The molecule has 0 saturated carbocycles. The van der Waals surface area contributed by atoms with Gasteiger partial charge >= 0.3 is 0 Å². The quantitative estimate of drug-likeness (QED) is 0.580. The van der Waals surface area contributed by atoms with Gasteiger partial charge in [0.2, 0.25) is 0 Å². The Morgan fingerprint density at radius 2 is 1.88 bits per heavy atom. The lowest BCUT2D eigenvalue weighted by Crippen LogP contribution is -2.40. The number of hydrogen-bond acceptors (Lipinski definition) is 4. The Labute approximate surface area is 101 Å². The molecule has 1 aromatic rings. The van der Waals surface area contributed by atoms with E-state index in [0.717, 1.165) is 0 Å². The smallest absolute Gasteiger partial charge is 0.251 e. The van der Waals surface area contributed by atoms with Gasteiger partial charge in [0, 0.05) is 23.5 Å². The molecule has 1 amide bonds. The number of carbonyl (C=O) groups is 1. The van der Waals surface area contributed by atoms with Gasteiger partial charge in [-0.1, -0.05) is 6.92 Å². The molecule has 94 valence electrons. The third-order valence-corrected chi connectivity index (χ3v) is 2.63. The summed E-state index contributed by atoms with van der Waals surface area (Å²) >= 11 is 0. The molecule has 0 radical (unpaired) electrons. The third-order valence-electron chi connectivity index (χ3n) is 2.63. The van der Waals surface area contributed by atoms with Crippen molar-refractivity contribution in [2.75, 3.05) is 18.0 Å². The van der Waals surface area contributed by atoms with Gasteiger partial charge in [-0.2, -0.15) is 0 Å². The van der Waals surface area contributed by atoms with Crippen molar-refractivity contribution in [2.45, 2.75) is 25.9 Å². The molecule has 1 aromatic carbocycles. The van der Waals surface area contributed by atoms with E-state index in [1.807, 2.05) is 6.92 Å². The third kappa shape index (κ3) is 3.96. The van der Waals surface area contributed by atoms with Gasteiger partial charge in [-0.05, 0) is 31.5 Å². The minimum atomic E-state index is -0.901. The first kappa shape index (κ1) is 13.3. The zero-order valence-electron chi connectivity index (χ0n) is 10.2. The van der Waals surface area contributed by atoms with E-state index in [0.29, 0.717) is 23.4 Å². The molecule has 1 rings (SSSR count). The van der Waals surface area contributed by atoms with Gasteiger partial charge in [-0.25, -0.2) is 0 Å². The van der Waals surface area contributed by atoms with Crippen LogP contribution in [0, 0.1) is 0 Å². The number of amides is 1. The molecule has 17 heavy (non-hydrogen) atoms. The highest BCUT2D eigenvalue weighted by Crippen LogP contribution is 2.14. The van der Waals surface area contributed by atoms with Crippen molar-refractivity contribution in [2.24, 2.45) is 0 Å². The lowest BCUT2D eigenvalue weighted by molar-refractivity contribution is 0.0518. The summed E-state index contributed by atoms with van der Waals surface area (Å²) in [4.78, 5) is 11.8. The average Bonchev–Trinajstić information content (AvgIpc) is 2.24. The second-order valence-corrected chi connectivity index (χ2v) is 4.42. The van der Waals surface area contributed by atoms with E-state index in [2.05, 4.69) is 5.32 Å². The second-order valence-electron chi connectivity index (χ2n) is 4.42. The number of anilines is 2. The fourth-order valence-electron chi connectivity index (χ4n) is 1.31. The summed E-state index contributed by atoms with van der Waals surface area (Å²) in [5.41, 5.74) is 11.6. The normalized spacial score (nSPS) is 14.1. The van der Waals surface area contributed by atoms with Crippen LogP contribution in [-0.2, 0) is 0 Å². The molecule has 1 unspecified atom stereocenters. The summed E-state index contributed by atoms with van der Waals surface area (Å²) in [5.74, 6) is -0.294. The fraction of sp³-hybridized carbons (Fsp3) is 0.417. The van der Waals surface area contributed by atoms with Crippen molar-refractivity contribution < 1.29 is 9.90 Å². The molecule has 1 atom stereocenters. The zero-order chi connectivity index (χ0) is 13.1. The zero-order valence-corrected chi connectivity index (χ0v) is 10.2. The van der Waals surface area contributed by atoms with Gasteiger partial charge in [0.15, 0.2) is 0 Å². The van der Waals surface area contributed by atoms with E-state index in [4.69, 9.17) is 11.5 Å². The summed E-state index contributed by atoms with van der Waals surface area (Å²) in [6.07, 6.45) is 0.562. The number of hydrogen-bond donors (Lipinski definition) is 4. The Hall–Kier alpha value is -1.75. The van der Waals surface area contributed by atoms with Crippen molar-refractivity contribution in [3.8, 4) is 0 Å². The maximum absolute atomic E-state index is 11.8. The van der Waals surface area contributed by atoms with E-state index >= 15 is 0 Å². The van der Waals surface area contributed by atoms with Gasteiger partial charge in [0.1, 0.15) is 0 Å². The lowest BCUT2D eigenvalue weighted by Gasteiger charge is -2.21. The van der Waals surface area contributed by atoms with Gasteiger partial charge in [0.25, 0.3) is 5.91 Å². The van der Waals surface area contributed by atoms with Crippen LogP contribution >= 0.6 is 0 Å². The van der Waals surface area contributed by atoms with Crippen LogP contribution in [-0.4, -0.2) is 23.2 Å². The molecular weight excluding hydrogens is 218 g/mol. The second kappa shape index (κ2) is 5.05. The molecule has 0 heterocycles. The molecule has 0 saturated heterocycles. The molecule has 0 aliphatic rings. The molecule has 5 heteroatoms. The maximum Gasteiger partial charge on any atom is 0.251 e. The molecule has 0 aliphatic heterocycles. The number of nitrogens with two attached hydrogens (primary N) is 2. The van der Waals surface area contributed by atoms with Gasteiger partial charge in [-0.3, -0.25) is 4.79 Å². The summed E-state index contributed by atoms with van der Waals surface area (Å²) in [7, 11) is 0. The average molecular weight is 237 g/mol. The number of aliphatic hydroxyl groups is 1. The van der Waals surface area contributed by atoms with E-state index in [1.165, 1.54) is 0 Å². The number of carbonyl (C=O) groups excluding carboxylic acids is 1. The standard InChI is InChI=1S/C12H19N3O2/c1-3-12(2,17)7-15-11(16)8-4-9(13)6-10(14)5-8/h4-6,17H,3,7,13-14H2,1-2H3,(H,15,16). The molecular formula is C12H19N3O2. The van der Waals surface area contributed by atoms with Gasteiger partial charge in [-0.15, -0.1) is 0 Å². The first-order valence-corrected chi connectivity index (χ1v) is 5.50. The van der Waals surface area contributed by atoms with Crippen LogP contribution in [0.25, 0.3) is 0 Å². The van der Waals surface area contributed by atoms with Gasteiger partial charge in [0.05, 0.1) is 5.60 Å². The minimum Gasteiger partial charge on any atom is -0.399 e. The van der Waals surface area contributed by atoms with E-state index in [9.17, 15) is 9.90 Å². The highest BCUT2D eigenvalue weighted by Gasteiger charge is 2.18. The Kier molecular flexibility index (Phi) is 3.96. The van der Waals surface area contributed by atoms with Crippen LogP contribution in [0.3, 0.4) is 0 Å². The van der Waals surface area contributed by atoms with E-state index < -0.39 is 5.60 Å². The number of benzene rings is 1. The molecule has 0 spiro atoms. The topological polar surface area (TPSA) is 101 Å². The van der Waals surface area contributed by atoms with Crippen molar-refractivity contribution in [3.05, 3.63) is 23.8 Å². The van der Waals surface area contributed by atoms with E-state index in [-0.39, 0.29) is 12.5 Å². The monoisotopic (exact) mass is 237 g/mol. The highest BCUT2D eigenvalue weighted by atomic mass is 16.3. The summed E-state index contributed by atoms with van der Waals surface area (Å²) in [6.45, 7) is 3.71. The van der Waals surface area contributed by atoms with Crippen molar-refractivity contribution in [1.29, 1.82) is 0 Å². The van der Waals surface area contributed by atoms with Crippen LogP contribution in [0.5, 0.6) is 0 Å². The maximum atomic E-state index is 11.8. The van der Waals surface area contributed by atoms with Crippen molar-refractivity contribution in [3.63, 3.8) is 0 Å². The number of nitrogen functional groups attached to an aromatic ring is 2. The largest absolute Gasteiger partial charge is 0.399 e. The number of nitrogens with one attached hydrogen (secondary N) is 1.